The third-order valence-electron chi connectivity index (χ3n) is 7.48. The molecule has 2 aromatic carbocycles. The fourth-order valence-electron chi connectivity index (χ4n) is 5.72. The van der Waals surface area contributed by atoms with Crippen molar-refractivity contribution in [3.05, 3.63) is 59.2 Å². The first-order valence-electron chi connectivity index (χ1n) is 11.4. The lowest BCUT2D eigenvalue weighted by Crippen LogP contribution is -2.32. The standard InChI is InChI=1S/C26H26N2O5/c1-14-5-3-8-20(15(14)2)27-21(29)13-33-26(32)18-6-4-7-19(12-18)28-24(30)22-16-9-10-17(11-16)23(22)25(28)31/h3-8,12,16-17,22-23H,9-11,13H2,1-2H3,(H,27,29)/t16-,17-,22-,23+/m0/s1. The zero-order valence-electron chi connectivity index (χ0n) is 18.7. The number of esters is 1. The van der Waals surface area contributed by atoms with Gasteiger partial charge in [0.1, 0.15) is 0 Å². The number of carbonyl (C=O) groups is 4. The maximum atomic E-state index is 13.0. The number of hydrogen-bond donors (Lipinski definition) is 1. The van der Waals surface area contributed by atoms with E-state index in [0.717, 1.165) is 30.4 Å². The number of anilines is 2. The first kappa shape index (κ1) is 21.4. The lowest BCUT2D eigenvalue weighted by Gasteiger charge is -2.19. The van der Waals surface area contributed by atoms with Gasteiger partial charge in [-0.05, 0) is 80.3 Å². The van der Waals surface area contributed by atoms with Crippen LogP contribution in [0.15, 0.2) is 42.5 Å². The van der Waals surface area contributed by atoms with Crippen LogP contribution in [-0.2, 0) is 19.1 Å². The van der Waals surface area contributed by atoms with Gasteiger partial charge in [0.15, 0.2) is 6.61 Å². The predicted molar refractivity (Wildman–Crippen MR) is 122 cm³/mol. The van der Waals surface area contributed by atoms with Crippen LogP contribution in [0.2, 0.25) is 0 Å². The molecule has 5 rings (SSSR count). The molecule has 2 aliphatic carbocycles. The van der Waals surface area contributed by atoms with E-state index in [9.17, 15) is 19.2 Å². The Kier molecular flexibility index (Phi) is 5.27. The Labute approximate surface area is 192 Å². The number of nitrogens with one attached hydrogen (secondary N) is 1. The second-order valence-corrected chi connectivity index (χ2v) is 9.32. The van der Waals surface area contributed by atoms with Gasteiger partial charge in [-0.1, -0.05) is 18.2 Å². The molecule has 1 heterocycles. The van der Waals surface area contributed by atoms with Crippen molar-refractivity contribution in [1.82, 2.24) is 0 Å². The highest BCUT2D eigenvalue weighted by atomic mass is 16.5. The number of carbonyl (C=O) groups excluding carboxylic acids is 4. The molecule has 2 aromatic rings. The fraction of sp³-hybridized carbons (Fsp3) is 0.385. The van der Waals surface area contributed by atoms with Crippen molar-refractivity contribution in [2.45, 2.75) is 33.1 Å². The Morgan fingerprint density at radius 3 is 2.36 bits per heavy atom. The van der Waals surface area contributed by atoms with Crippen molar-refractivity contribution >= 4 is 35.1 Å². The van der Waals surface area contributed by atoms with Crippen LogP contribution in [0, 0.1) is 37.5 Å². The number of rotatable bonds is 5. The fourth-order valence-corrected chi connectivity index (χ4v) is 5.72. The second-order valence-electron chi connectivity index (χ2n) is 9.32. The van der Waals surface area contributed by atoms with Gasteiger partial charge in [0.25, 0.3) is 5.91 Å². The maximum absolute atomic E-state index is 13.0. The van der Waals surface area contributed by atoms with Crippen LogP contribution in [0.3, 0.4) is 0 Å². The number of ether oxygens (including phenoxy) is 1. The highest BCUT2D eigenvalue weighted by Gasteiger charge is 2.61. The van der Waals surface area contributed by atoms with Crippen molar-refractivity contribution in [2.75, 3.05) is 16.8 Å². The normalized spacial score (nSPS) is 25.3. The smallest absolute Gasteiger partial charge is 0.338 e. The number of fused-ring (bicyclic) bond motifs is 5. The van der Waals surface area contributed by atoms with Gasteiger partial charge in [0.2, 0.25) is 11.8 Å². The van der Waals surface area contributed by atoms with Crippen LogP contribution in [0.25, 0.3) is 0 Å². The van der Waals surface area contributed by atoms with Crippen LogP contribution in [0.1, 0.15) is 40.7 Å². The van der Waals surface area contributed by atoms with E-state index in [1.54, 1.807) is 24.3 Å². The summed E-state index contributed by atoms with van der Waals surface area (Å²) in [6.45, 7) is 3.42. The molecule has 0 unspecified atom stereocenters. The summed E-state index contributed by atoms with van der Waals surface area (Å²) in [4.78, 5) is 52.2. The molecular weight excluding hydrogens is 420 g/mol. The summed E-state index contributed by atoms with van der Waals surface area (Å²) in [7, 11) is 0. The number of hydrogen-bond acceptors (Lipinski definition) is 5. The molecule has 0 aromatic heterocycles. The number of benzene rings is 2. The van der Waals surface area contributed by atoms with Crippen LogP contribution in [-0.4, -0.2) is 30.3 Å². The molecule has 0 spiro atoms. The Bertz CT molecular complexity index is 1150. The summed E-state index contributed by atoms with van der Waals surface area (Å²) in [6, 6.07) is 11.9. The largest absolute Gasteiger partial charge is 0.452 e. The van der Waals surface area contributed by atoms with Crippen molar-refractivity contribution in [2.24, 2.45) is 23.7 Å². The molecule has 4 atom stereocenters. The molecule has 7 heteroatoms. The van der Waals surface area contributed by atoms with Crippen molar-refractivity contribution < 1.29 is 23.9 Å². The van der Waals surface area contributed by atoms with Gasteiger partial charge in [0, 0.05) is 5.69 Å². The minimum atomic E-state index is -0.688. The van der Waals surface area contributed by atoms with Crippen LogP contribution >= 0.6 is 0 Å². The molecule has 1 N–H and O–H groups in total. The minimum absolute atomic E-state index is 0.157. The van der Waals surface area contributed by atoms with E-state index in [0.29, 0.717) is 23.2 Å². The van der Waals surface area contributed by atoms with Crippen molar-refractivity contribution in [3.8, 4) is 0 Å². The summed E-state index contributed by atoms with van der Waals surface area (Å²) in [5, 5.41) is 2.75. The lowest BCUT2D eigenvalue weighted by molar-refractivity contribution is -0.123. The molecule has 1 aliphatic heterocycles. The Morgan fingerprint density at radius 1 is 1.00 bits per heavy atom. The van der Waals surface area contributed by atoms with Crippen LogP contribution < -0.4 is 10.2 Å². The summed E-state index contributed by atoms with van der Waals surface area (Å²) in [5.41, 5.74) is 3.23. The third kappa shape index (κ3) is 3.61. The number of aryl methyl sites for hydroxylation is 1. The van der Waals surface area contributed by atoms with E-state index >= 15 is 0 Å². The summed E-state index contributed by atoms with van der Waals surface area (Å²) in [5.74, 6) is -1.29. The van der Waals surface area contributed by atoms with E-state index in [4.69, 9.17) is 4.74 Å². The van der Waals surface area contributed by atoms with Gasteiger partial charge in [-0.2, -0.15) is 0 Å². The monoisotopic (exact) mass is 446 g/mol. The predicted octanol–water partition coefficient (Wildman–Crippen LogP) is 3.63. The lowest BCUT2D eigenvalue weighted by atomic mass is 9.81. The number of nitrogens with zero attached hydrogens (tertiary/aromatic N) is 1. The first-order valence-corrected chi connectivity index (χ1v) is 11.4. The molecule has 3 fully saturated rings. The average molecular weight is 447 g/mol. The molecule has 2 bridgehead atoms. The SMILES string of the molecule is Cc1cccc(NC(=O)COC(=O)c2cccc(N3C(=O)[C@@H]4[C@H]5CC[C@@H](C5)[C@@H]4C3=O)c2)c1C. The minimum Gasteiger partial charge on any atom is -0.452 e. The third-order valence-corrected chi connectivity index (χ3v) is 7.48. The molecule has 1 saturated heterocycles. The molecule has 2 saturated carbocycles. The van der Waals surface area contributed by atoms with Gasteiger partial charge in [-0.25, -0.2) is 4.79 Å². The second kappa shape index (κ2) is 8.14. The van der Waals surface area contributed by atoms with E-state index in [1.165, 1.54) is 11.0 Å². The zero-order valence-corrected chi connectivity index (χ0v) is 18.7. The van der Waals surface area contributed by atoms with E-state index < -0.39 is 18.5 Å². The summed E-state index contributed by atoms with van der Waals surface area (Å²) in [6.07, 6.45) is 2.99. The molecule has 7 nitrogen and oxygen atoms in total. The van der Waals surface area contributed by atoms with E-state index in [-0.39, 0.29) is 29.2 Å². The van der Waals surface area contributed by atoms with Crippen LogP contribution in [0.4, 0.5) is 11.4 Å². The van der Waals surface area contributed by atoms with Crippen molar-refractivity contribution in [1.29, 1.82) is 0 Å². The van der Waals surface area contributed by atoms with Gasteiger partial charge < -0.3 is 10.1 Å². The average Bonchev–Trinajstić information content (AvgIpc) is 3.49. The maximum Gasteiger partial charge on any atom is 0.338 e. The van der Waals surface area contributed by atoms with Gasteiger partial charge in [0.05, 0.1) is 23.1 Å². The van der Waals surface area contributed by atoms with Crippen LogP contribution in [0.5, 0.6) is 0 Å². The van der Waals surface area contributed by atoms with E-state index in [1.807, 2.05) is 26.0 Å². The summed E-state index contributed by atoms with van der Waals surface area (Å²) >= 11 is 0. The molecular formula is C26H26N2O5. The Morgan fingerprint density at radius 2 is 1.67 bits per heavy atom. The Balaban J connectivity index is 1.25. The number of amides is 3. The molecule has 33 heavy (non-hydrogen) atoms. The molecule has 170 valence electrons. The topological polar surface area (TPSA) is 92.8 Å². The molecule has 0 radical (unpaired) electrons. The first-order chi connectivity index (χ1) is 15.8. The van der Waals surface area contributed by atoms with Gasteiger partial charge in [-0.3, -0.25) is 19.3 Å². The quantitative estimate of drug-likeness (QED) is 0.559. The van der Waals surface area contributed by atoms with E-state index in [2.05, 4.69) is 5.32 Å². The molecule has 3 amide bonds. The highest BCUT2D eigenvalue weighted by Crippen LogP contribution is 2.56. The highest BCUT2D eigenvalue weighted by molar-refractivity contribution is 6.22. The Hall–Kier alpha value is -3.48. The van der Waals surface area contributed by atoms with Gasteiger partial charge in [-0.15, -0.1) is 0 Å². The number of imide groups is 1. The molecule has 3 aliphatic rings. The zero-order chi connectivity index (χ0) is 23.3. The van der Waals surface area contributed by atoms with Crippen molar-refractivity contribution in [3.63, 3.8) is 0 Å². The van der Waals surface area contributed by atoms with Gasteiger partial charge >= 0.3 is 5.97 Å². The summed E-state index contributed by atoms with van der Waals surface area (Å²) < 4.78 is 5.18.